The van der Waals surface area contributed by atoms with Crippen molar-refractivity contribution in [3.05, 3.63) is 40.0 Å². The molecule has 1 atom stereocenters. The number of nitrogens with one attached hydrogen (secondary N) is 1. The SMILES string of the molecule is CCCNC(c1ccoc1CC)c1c(Br)cnn1C. The van der Waals surface area contributed by atoms with E-state index in [1.165, 1.54) is 5.56 Å². The maximum Gasteiger partial charge on any atom is 0.108 e. The molecule has 2 rings (SSSR count). The van der Waals surface area contributed by atoms with Crippen LogP contribution >= 0.6 is 15.9 Å². The molecular formula is C14H20BrN3O. The van der Waals surface area contributed by atoms with Crippen molar-refractivity contribution in [2.75, 3.05) is 6.54 Å². The van der Waals surface area contributed by atoms with Crippen molar-refractivity contribution in [2.45, 2.75) is 32.7 Å². The quantitative estimate of drug-likeness (QED) is 0.884. The number of hydrogen-bond donors (Lipinski definition) is 1. The van der Waals surface area contributed by atoms with Crippen LogP contribution in [0.5, 0.6) is 0 Å². The number of aryl methyl sites for hydroxylation is 2. The van der Waals surface area contributed by atoms with E-state index in [4.69, 9.17) is 4.42 Å². The molecule has 0 aliphatic carbocycles. The summed E-state index contributed by atoms with van der Waals surface area (Å²) in [5, 5.41) is 7.89. The summed E-state index contributed by atoms with van der Waals surface area (Å²) in [7, 11) is 1.96. The first-order chi connectivity index (χ1) is 9.19. The summed E-state index contributed by atoms with van der Waals surface area (Å²) in [5.74, 6) is 1.03. The first-order valence-corrected chi connectivity index (χ1v) is 7.45. The van der Waals surface area contributed by atoms with Crippen molar-refractivity contribution in [2.24, 2.45) is 7.05 Å². The Hall–Kier alpha value is -1.07. The molecule has 2 aromatic rings. The average Bonchev–Trinajstić information content (AvgIpc) is 3.00. The van der Waals surface area contributed by atoms with Crippen LogP contribution in [0.3, 0.4) is 0 Å². The van der Waals surface area contributed by atoms with E-state index in [1.807, 2.05) is 24.0 Å². The highest BCUT2D eigenvalue weighted by molar-refractivity contribution is 9.10. The van der Waals surface area contributed by atoms with Gasteiger partial charge in [-0.2, -0.15) is 5.10 Å². The van der Waals surface area contributed by atoms with E-state index in [-0.39, 0.29) is 6.04 Å². The second-order valence-corrected chi connectivity index (χ2v) is 5.40. The third-order valence-corrected chi connectivity index (χ3v) is 3.83. The molecule has 0 fully saturated rings. The molecule has 2 aromatic heterocycles. The lowest BCUT2D eigenvalue weighted by molar-refractivity contribution is 0.492. The summed E-state index contributed by atoms with van der Waals surface area (Å²) >= 11 is 3.59. The van der Waals surface area contributed by atoms with Gasteiger partial charge in [0.15, 0.2) is 0 Å². The van der Waals surface area contributed by atoms with Gasteiger partial charge in [-0.25, -0.2) is 0 Å². The Bertz CT molecular complexity index is 513. The topological polar surface area (TPSA) is 43.0 Å². The van der Waals surface area contributed by atoms with E-state index >= 15 is 0 Å². The largest absolute Gasteiger partial charge is 0.469 e. The maximum absolute atomic E-state index is 5.57. The van der Waals surface area contributed by atoms with Crippen LogP contribution in [-0.4, -0.2) is 16.3 Å². The fourth-order valence-corrected chi connectivity index (χ4v) is 2.86. The first kappa shape index (κ1) is 14.3. The lowest BCUT2D eigenvalue weighted by Gasteiger charge is -2.19. The zero-order valence-corrected chi connectivity index (χ0v) is 13.2. The van der Waals surface area contributed by atoms with Gasteiger partial charge < -0.3 is 9.73 Å². The van der Waals surface area contributed by atoms with Gasteiger partial charge in [-0.1, -0.05) is 13.8 Å². The van der Waals surface area contributed by atoms with Crippen molar-refractivity contribution in [3.8, 4) is 0 Å². The van der Waals surface area contributed by atoms with E-state index in [2.05, 4.69) is 40.2 Å². The molecule has 0 bridgehead atoms. The van der Waals surface area contributed by atoms with Crippen LogP contribution in [0.2, 0.25) is 0 Å². The smallest absolute Gasteiger partial charge is 0.108 e. The van der Waals surface area contributed by atoms with Gasteiger partial charge >= 0.3 is 0 Å². The number of furan rings is 1. The lowest BCUT2D eigenvalue weighted by atomic mass is 10.0. The Morgan fingerprint density at radius 2 is 2.26 bits per heavy atom. The summed E-state index contributed by atoms with van der Waals surface area (Å²) in [6.45, 7) is 5.23. The highest BCUT2D eigenvalue weighted by Crippen LogP contribution is 2.30. The van der Waals surface area contributed by atoms with Gasteiger partial charge in [0.05, 0.1) is 28.7 Å². The minimum atomic E-state index is 0.107. The van der Waals surface area contributed by atoms with Gasteiger partial charge in [0.1, 0.15) is 5.76 Å². The second-order valence-electron chi connectivity index (χ2n) is 4.54. The normalized spacial score (nSPS) is 12.8. The Morgan fingerprint density at radius 1 is 1.47 bits per heavy atom. The fraction of sp³-hybridized carbons (Fsp3) is 0.500. The predicted octanol–water partition coefficient (Wildman–Crippen LogP) is 3.43. The molecule has 104 valence electrons. The summed E-state index contributed by atoms with van der Waals surface area (Å²) < 4.78 is 8.49. The molecule has 0 saturated heterocycles. The zero-order chi connectivity index (χ0) is 13.8. The molecule has 0 aromatic carbocycles. The van der Waals surface area contributed by atoms with E-state index in [0.29, 0.717) is 0 Å². The zero-order valence-electron chi connectivity index (χ0n) is 11.6. The van der Waals surface area contributed by atoms with E-state index in [9.17, 15) is 0 Å². The van der Waals surface area contributed by atoms with E-state index in [1.54, 1.807) is 6.26 Å². The van der Waals surface area contributed by atoms with Crippen LogP contribution in [0.15, 0.2) is 27.4 Å². The molecule has 0 amide bonds. The molecule has 0 aliphatic rings. The number of halogens is 1. The fourth-order valence-electron chi connectivity index (χ4n) is 2.28. The lowest BCUT2D eigenvalue weighted by Crippen LogP contribution is -2.26. The van der Waals surface area contributed by atoms with Crippen molar-refractivity contribution in [1.29, 1.82) is 0 Å². The third-order valence-electron chi connectivity index (χ3n) is 3.22. The summed E-state index contributed by atoms with van der Waals surface area (Å²) in [5.41, 5.74) is 2.32. The van der Waals surface area contributed by atoms with Crippen LogP contribution in [0, 0.1) is 0 Å². The number of aromatic nitrogens is 2. The van der Waals surface area contributed by atoms with Gasteiger partial charge in [-0.15, -0.1) is 0 Å². The van der Waals surface area contributed by atoms with Crippen LogP contribution in [0.1, 0.15) is 43.3 Å². The molecule has 0 aliphatic heterocycles. The molecule has 2 heterocycles. The molecule has 5 heteroatoms. The highest BCUT2D eigenvalue weighted by Gasteiger charge is 2.23. The van der Waals surface area contributed by atoms with Gasteiger partial charge in [-0.3, -0.25) is 4.68 Å². The van der Waals surface area contributed by atoms with Gasteiger partial charge in [0.25, 0.3) is 0 Å². The van der Waals surface area contributed by atoms with Crippen LogP contribution < -0.4 is 5.32 Å². The molecule has 1 unspecified atom stereocenters. The van der Waals surface area contributed by atoms with Crippen LogP contribution in [-0.2, 0) is 13.5 Å². The number of hydrogen-bond acceptors (Lipinski definition) is 3. The van der Waals surface area contributed by atoms with Crippen molar-refractivity contribution in [3.63, 3.8) is 0 Å². The Labute approximate surface area is 122 Å². The molecule has 0 saturated carbocycles. The van der Waals surface area contributed by atoms with Gasteiger partial charge in [0, 0.05) is 19.0 Å². The predicted molar refractivity (Wildman–Crippen MR) is 79.1 cm³/mol. The molecule has 4 nitrogen and oxygen atoms in total. The van der Waals surface area contributed by atoms with Crippen LogP contribution in [0.4, 0.5) is 0 Å². The Kier molecular flexibility index (Phi) is 4.82. The Balaban J connectivity index is 2.41. The monoisotopic (exact) mass is 325 g/mol. The van der Waals surface area contributed by atoms with Gasteiger partial charge in [-0.05, 0) is 35.0 Å². The minimum Gasteiger partial charge on any atom is -0.469 e. The molecule has 0 spiro atoms. The number of rotatable bonds is 6. The van der Waals surface area contributed by atoms with Crippen molar-refractivity contribution < 1.29 is 4.42 Å². The van der Waals surface area contributed by atoms with Crippen molar-refractivity contribution >= 4 is 15.9 Å². The molecular weight excluding hydrogens is 306 g/mol. The van der Waals surface area contributed by atoms with E-state index < -0.39 is 0 Å². The summed E-state index contributed by atoms with van der Waals surface area (Å²) in [6, 6.07) is 2.15. The maximum atomic E-state index is 5.57. The van der Waals surface area contributed by atoms with Crippen LogP contribution in [0.25, 0.3) is 0 Å². The number of nitrogens with zero attached hydrogens (tertiary/aromatic N) is 2. The minimum absolute atomic E-state index is 0.107. The molecule has 19 heavy (non-hydrogen) atoms. The molecule has 0 radical (unpaired) electrons. The van der Waals surface area contributed by atoms with E-state index in [0.717, 1.165) is 35.3 Å². The second kappa shape index (κ2) is 6.39. The average molecular weight is 326 g/mol. The summed E-state index contributed by atoms with van der Waals surface area (Å²) in [6.07, 6.45) is 5.58. The standard InChI is InChI=1S/C14H20BrN3O/c1-4-7-16-13(10-6-8-19-12(10)5-2)14-11(15)9-17-18(14)3/h6,8-9,13,16H,4-5,7H2,1-3H3. The summed E-state index contributed by atoms with van der Waals surface area (Å²) in [4.78, 5) is 0. The van der Waals surface area contributed by atoms with Crippen molar-refractivity contribution in [1.82, 2.24) is 15.1 Å². The third kappa shape index (κ3) is 2.92. The highest BCUT2D eigenvalue weighted by atomic mass is 79.9. The molecule has 1 N–H and O–H groups in total. The first-order valence-electron chi connectivity index (χ1n) is 6.66. The Morgan fingerprint density at radius 3 is 2.84 bits per heavy atom. The van der Waals surface area contributed by atoms with Gasteiger partial charge in [0.2, 0.25) is 0 Å².